The SMILES string of the molecule is CCC(C)CN.CCC(C)NC(C)=O.CCC(C)NC=O.CCC(C)n1ccnc1.CCC(CC(C)O)OC(C)=O.CCC(CC(C)n1ccnc1)N1CCCCCC1=O.CCC(N)CC(C)n1ccnc1.CCC1CN(C)CC1CC.CCC1CNCC1CC. The van der Waals surface area contributed by atoms with Gasteiger partial charge in [-0.05, 0) is 162 Å². The zero-order valence-corrected chi connectivity index (χ0v) is 62.0. The Bertz CT molecular complexity index is 2050. The van der Waals surface area contributed by atoms with Crippen molar-refractivity contribution in [1.82, 2.24) is 54.4 Å². The zero-order chi connectivity index (χ0) is 69.7. The van der Waals surface area contributed by atoms with Crippen molar-refractivity contribution in [2.75, 3.05) is 46.3 Å². The molecule has 3 aliphatic heterocycles. The van der Waals surface area contributed by atoms with Crippen molar-refractivity contribution in [3.63, 3.8) is 0 Å². The second-order valence-corrected chi connectivity index (χ2v) is 25.7. The molecule has 3 saturated heterocycles. The summed E-state index contributed by atoms with van der Waals surface area (Å²) in [5, 5.41) is 17.8. The first kappa shape index (κ1) is 90.5. The maximum atomic E-state index is 12.2. The number of esters is 1. The third kappa shape index (κ3) is 46.1. The van der Waals surface area contributed by atoms with Gasteiger partial charge in [0.25, 0.3) is 0 Å². The van der Waals surface area contributed by atoms with E-state index in [1.165, 1.54) is 78.6 Å². The number of nitrogens with two attached hydrogens (primary N) is 2. The number of carbonyl (C=O) groups is 4. The van der Waals surface area contributed by atoms with Gasteiger partial charge in [0, 0.05) is 126 Å². The van der Waals surface area contributed by atoms with E-state index in [2.05, 4.69) is 145 Å². The number of hydrogen-bond acceptors (Lipinski definition) is 13. The molecule has 3 aromatic rings. The summed E-state index contributed by atoms with van der Waals surface area (Å²) in [6, 6.07) is 2.77. The van der Waals surface area contributed by atoms with Crippen LogP contribution in [0.25, 0.3) is 0 Å². The molecule has 14 atom stereocenters. The van der Waals surface area contributed by atoms with Crippen LogP contribution in [-0.2, 0) is 23.9 Å². The summed E-state index contributed by atoms with van der Waals surface area (Å²) in [7, 11) is 2.23. The van der Waals surface area contributed by atoms with E-state index in [0.717, 1.165) is 114 Å². The highest BCUT2D eigenvalue weighted by molar-refractivity contribution is 5.76. The standard InChI is InChI=1S/C15H25N3O.C9H17N3.C9H19N.C8H17N.C8H16O3.C7H12N2.C6H13NO.C5H11NO.C5H13N/c1-3-14(11-13(2)17-10-8-16-12-17)18-9-6-4-5-7-15(18)19;1-3-9(10)6-8(2)12-5-4-11-7-12;1-4-8-6-10(3)7-9(8)5-2;1-3-7-5-9-6-8(7)4-2;1-4-8(5-6(2)9)11-7(3)10;1-3-7(2)9-5-4-8-6-9;1-4-5(2)7-6(3)8;1-3-5(2)6-4-7;1-3-5(2)4-6/h8,10,12-14H,3-7,9,11H2,1-2H3;4-5,7-9H,3,6,10H2,1-2H3;8-9H,4-7H2,1-3H3;7-9H,3-6H2,1-2H3;6,8-9H,4-5H2,1-3H3;4-7H,3H2,1-2H3;5H,4H2,1-3H3,(H,7,8);4-5H,3H2,1-2H3,(H,6,7);5H,3-4,6H2,1-2H3. The molecule has 19 nitrogen and oxygen atoms in total. The van der Waals surface area contributed by atoms with Gasteiger partial charge in [-0.3, -0.25) is 19.2 Å². The molecule has 8 N–H and O–H groups in total. The molecule has 0 spiro atoms. The van der Waals surface area contributed by atoms with Gasteiger partial charge in [0.15, 0.2) is 0 Å². The average Bonchev–Trinajstić information content (AvgIpc) is 3.96. The number of likely N-dealkylation sites (tertiary alicyclic amines) is 2. The van der Waals surface area contributed by atoms with E-state index in [-0.39, 0.29) is 18.0 Å². The molecule has 532 valence electrons. The van der Waals surface area contributed by atoms with E-state index in [0.29, 0.717) is 60.5 Å². The number of ether oxygens (including phenoxy) is 1. The quantitative estimate of drug-likeness (QED) is 0.0324. The molecule has 0 saturated carbocycles. The van der Waals surface area contributed by atoms with Crippen molar-refractivity contribution in [2.24, 2.45) is 41.1 Å². The van der Waals surface area contributed by atoms with Crippen molar-refractivity contribution >= 4 is 24.2 Å². The van der Waals surface area contributed by atoms with Crippen molar-refractivity contribution in [3.05, 3.63) is 56.2 Å². The molecule has 3 amide bonds. The molecule has 6 heterocycles. The summed E-state index contributed by atoms with van der Waals surface area (Å²) in [5.41, 5.74) is 11.1. The van der Waals surface area contributed by atoms with Crippen LogP contribution < -0.4 is 27.4 Å². The molecule has 0 radical (unpaired) electrons. The minimum absolute atomic E-state index is 0.0550. The molecular weight excluding hydrogens is 1140 g/mol. The number of imidazole rings is 3. The molecule has 0 aliphatic carbocycles. The third-order valence-corrected chi connectivity index (χ3v) is 17.9. The monoisotopic (exact) mass is 1290 g/mol. The Morgan fingerprint density at radius 2 is 1.13 bits per heavy atom. The van der Waals surface area contributed by atoms with E-state index in [1.807, 2.05) is 84.6 Å². The molecule has 0 aromatic carbocycles. The number of rotatable bonds is 26. The van der Waals surface area contributed by atoms with Crippen LogP contribution in [0.1, 0.15) is 272 Å². The highest BCUT2D eigenvalue weighted by Crippen LogP contribution is 2.27. The lowest BCUT2D eigenvalue weighted by Crippen LogP contribution is -2.40. The first-order valence-corrected chi connectivity index (χ1v) is 35.7. The molecule has 91 heavy (non-hydrogen) atoms. The fourth-order valence-corrected chi connectivity index (χ4v) is 10.6. The van der Waals surface area contributed by atoms with Gasteiger partial charge in [-0.25, -0.2) is 15.0 Å². The fourth-order valence-electron chi connectivity index (χ4n) is 10.6. The molecule has 6 rings (SSSR count). The Morgan fingerprint density at radius 3 is 1.45 bits per heavy atom. The Labute approximate surface area is 557 Å². The third-order valence-electron chi connectivity index (χ3n) is 17.9. The van der Waals surface area contributed by atoms with Gasteiger partial charge >= 0.3 is 5.97 Å². The normalized spacial score (nSPS) is 20.0. The number of amides is 3. The van der Waals surface area contributed by atoms with Gasteiger partial charge in [-0.1, -0.05) is 122 Å². The second kappa shape index (κ2) is 57.9. The lowest BCUT2D eigenvalue weighted by atomic mass is 9.92. The summed E-state index contributed by atoms with van der Waals surface area (Å²) < 4.78 is 11.2. The van der Waals surface area contributed by atoms with Gasteiger partial charge in [0.05, 0.1) is 25.1 Å². The predicted octanol–water partition coefficient (Wildman–Crippen LogP) is 13.6. The van der Waals surface area contributed by atoms with E-state index >= 15 is 0 Å². The van der Waals surface area contributed by atoms with E-state index < -0.39 is 6.10 Å². The number of nitrogens with one attached hydrogen (secondary N) is 3. The minimum Gasteiger partial charge on any atom is -0.462 e. The molecule has 14 unspecified atom stereocenters. The highest BCUT2D eigenvalue weighted by atomic mass is 16.5. The largest absolute Gasteiger partial charge is 0.462 e. The lowest BCUT2D eigenvalue weighted by Gasteiger charge is -2.32. The summed E-state index contributed by atoms with van der Waals surface area (Å²) in [6.45, 7) is 48.0. The van der Waals surface area contributed by atoms with Gasteiger partial charge in [0.1, 0.15) is 6.10 Å². The topological polar surface area (TPSA) is 246 Å². The van der Waals surface area contributed by atoms with Gasteiger partial charge in [-0.15, -0.1) is 0 Å². The molecule has 3 aliphatic rings. The van der Waals surface area contributed by atoms with Crippen LogP contribution in [-0.4, -0.2) is 150 Å². The molecule has 0 bridgehead atoms. The number of aromatic nitrogens is 6. The Hall–Kier alpha value is -4.69. The maximum absolute atomic E-state index is 12.2. The number of hydrogen-bond donors (Lipinski definition) is 6. The molecular formula is C72H143N13O6. The van der Waals surface area contributed by atoms with Gasteiger partial charge in [0.2, 0.25) is 18.2 Å². The summed E-state index contributed by atoms with van der Waals surface area (Å²) in [6.07, 6.45) is 36.5. The van der Waals surface area contributed by atoms with Crippen molar-refractivity contribution in [1.29, 1.82) is 0 Å². The maximum Gasteiger partial charge on any atom is 0.302 e. The first-order valence-electron chi connectivity index (χ1n) is 35.7. The van der Waals surface area contributed by atoms with E-state index in [4.69, 9.17) is 21.3 Å². The number of carbonyl (C=O) groups excluding carboxylic acids is 4. The number of aliphatic hydroxyl groups excluding tert-OH is 1. The van der Waals surface area contributed by atoms with Gasteiger partial charge < -0.3 is 60.8 Å². The van der Waals surface area contributed by atoms with Crippen LogP contribution in [0.3, 0.4) is 0 Å². The molecule has 3 aromatic heterocycles. The van der Waals surface area contributed by atoms with Crippen LogP contribution in [0.5, 0.6) is 0 Å². The Balaban J connectivity index is -0.000000979. The molecule has 19 heteroatoms. The number of aliphatic hydroxyl groups is 1. The van der Waals surface area contributed by atoms with Crippen LogP contribution in [0.2, 0.25) is 0 Å². The first-order chi connectivity index (χ1) is 43.3. The zero-order valence-electron chi connectivity index (χ0n) is 62.0. The van der Waals surface area contributed by atoms with Crippen LogP contribution in [0.15, 0.2) is 56.2 Å². The summed E-state index contributed by atoms with van der Waals surface area (Å²) in [4.78, 5) is 59.3. The predicted molar refractivity (Wildman–Crippen MR) is 382 cm³/mol. The van der Waals surface area contributed by atoms with Crippen molar-refractivity contribution in [2.45, 2.75) is 309 Å². The minimum atomic E-state index is -0.403. The summed E-state index contributed by atoms with van der Waals surface area (Å²) in [5.74, 6) is 4.74. The lowest BCUT2D eigenvalue weighted by molar-refractivity contribution is -0.147. The Kier molecular flexibility index (Phi) is 57.6. The van der Waals surface area contributed by atoms with Crippen LogP contribution in [0.4, 0.5) is 0 Å². The van der Waals surface area contributed by atoms with Crippen molar-refractivity contribution < 1.29 is 29.0 Å². The number of nitrogens with zero attached hydrogens (tertiary/aromatic N) is 8. The van der Waals surface area contributed by atoms with Crippen LogP contribution >= 0.6 is 0 Å². The van der Waals surface area contributed by atoms with E-state index in [1.54, 1.807) is 13.1 Å². The average molecular weight is 1290 g/mol. The second-order valence-electron chi connectivity index (χ2n) is 25.7. The smallest absolute Gasteiger partial charge is 0.302 e. The van der Waals surface area contributed by atoms with E-state index in [9.17, 15) is 19.2 Å². The van der Waals surface area contributed by atoms with Gasteiger partial charge in [-0.2, -0.15) is 0 Å². The summed E-state index contributed by atoms with van der Waals surface area (Å²) >= 11 is 0. The van der Waals surface area contributed by atoms with Crippen LogP contribution in [0, 0.1) is 29.6 Å². The highest BCUT2D eigenvalue weighted by Gasteiger charge is 2.28. The fraction of sp³-hybridized carbons (Fsp3) is 0.819. The molecule has 3 fully saturated rings. The van der Waals surface area contributed by atoms with Crippen molar-refractivity contribution in [3.8, 4) is 0 Å². The Morgan fingerprint density at radius 1 is 0.648 bits per heavy atom.